The Kier molecular flexibility index (Phi) is 4.50. The number of imide groups is 1. The van der Waals surface area contributed by atoms with E-state index in [2.05, 4.69) is 0 Å². The maximum Gasteiger partial charge on any atom is 0.368 e. The van der Waals surface area contributed by atoms with Crippen LogP contribution in [0.2, 0.25) is 0 Å². The van der Waals surface area contributed by atoms with Crippen molar-refractivity contribution < 1.29 is 28.8 Å². The highest BCUT2D eigenvalue weighted by atomic mass is 19.1. The van der Waals surface area contributed by atoms with Crippen molar-refractivity contribution in [2.75, 3.05) is 12.0 Å². The van der Waals surface area contributed by atoms with E-state index >= 15 is 0 Å². The SMILES string of the molecule is COC(=O)[C@]1(C)[NH2+][C@H](c2ccc(F)cc2)[C@H]2C(=O)N(c3ccc(C)cc3)C(=O)[C@@H]21. The average molecular weight is 397 g/mol. The van der Waals surface area contributed by atoms with Gasteiger partial charge in [0.2, 0.25) is 17.4 Å². The standard InChI is InChI=1S/C22H21FN2O4/c1-12-4-10-15(11-5-12)25-19(26)16-17(20(25)27)22(2,21(28)29-3)24-18(16)13-6-8-14(23)9-7-13/h4-11,16-18,24H,1-3H3/p+1/t16-,17+,18+,22+/m0/s1. The lowest BCUT2D eigenvalue weighted by atomic mass is 9.80. The molecule has 2 aromatic rings. The predicted octanol–water partition coefficient (Wildman–Crippen LogP) is 1.49. The number of halogens is 1. The fraction of sp³-hybridized carbons (Fsp3) is 0.318. The molecule has 2 aromatic carbocycles. The van der Waals surface area contributed by atoms with Crippen LogP contribution in [0.25, 0.3) is 0 Å². The number of rotatable bonds is 3. The van der Waals surface area contributed by atoms with Gasteiger partial charge in [0.05, 0.1) is 12.8 Å². The monoisotopic (exact) mass is 397 g/mol. The van der Waals surface area contributed by atoms with Crippen LogP contribution < -0.4 is 10.2 Å². The number of methoxy groups -OCH3 is 1. The van der Waals surface area contributed by atoms with Crippen LogP contribution in [0.1, 0.15) is 24.1 Å². The van der Waals surface area contributed by atoms with Crippen LogP contribution in [0.4, 0.5) is 10.1 Å². The molecular weight excluding hydrogens is 375 g/mol. The second kappa shape index (κ2) is 6.77. The zero-order chi connectivity index (χ0) is 20.9. The van der Waals surface area contributed by atoms with Crippen molar-refractivity contribution in [1.29, 1.82) is 0 Å². The molecule has 4 rings (SSSR count). The van der Waals surface area contributed by atoms with Gasteiger partial charge in [-0.2, -0.15) is 0 Å². The molecule has 2 saturated heterocycles. The Balaban J connectivity index is 1.81. The van der Waals surface area contributed by atoms with E-state index in [0.29, 0.717) is 11.3 Å². The molecule has 2 aliphatic rings. The van der Waals surface area contributed by atoms with Gasteiger partial charge in [-0.15, -0.1) is 0 Å². The molecule has 0 aliphatic carbocycles. The van der Waals surface area contributed by atoms with Gasteiger partial charge in [0, 0.05) is 12.5 Å². The summed E-state index contributed by atoms with van der Waals surface area (Å²) in [6.07, 6.45) is 0. The number of amides is 2. The zero-order valence-electron chi connectivity index (χ0n) is 16.4. The van der Waals surface area contributed by atoms with Gasteiger partial charge >= 0.3 is 5.97 Å². The van der Waals surface area contributed by atoms with Crippen LogP contribution in [-0.2, 0) is 19.1 Å². The predicted molar refractivity (Wildman–Crippen MR) is 102 cm³/mol. The van der Waals surface area contributed by atoms with Gasteiger partial charge < -0.3 is 10.1 Å². The van der Waals surface area contributed by atoms with Gasteiger partial charge in [0.25, 0.3) is 0 Å². The molecule has 6 nitrogen and oxygen atoms in total. The molecule has 0 unspecified atom stereocenters. The number of anilines is 1. The molecule has 0 radical (unpaired) electrons. The molecule has 2 aliphatic heterocycles. The maximum atomic E-state index is 13.4. The van der Waals surface area contributed by atoms with Crippen molar-refractivity contribution in [2.24, 2.45) is 11.8 Å². The van der Waals surface area contributed by atoms with Gasteiger partial charge in [-0.25, -0.2) is 14.1 Å². The normalized spacial score (nSPS) is 28.6. The highest BCUT2D eigenvalue weighted by Crippen LogP contribution is 2.45. The van der Waals surface area contributed by atoms with Crippen LogP contribution in [0, 0.1) is 24.6 Å². The van der Waals surface area contributed by atoms with E-state index in [1.807, 2.05) is 19.1 Å². The van der Waals surface area contributed by atoms with Crippen molar-refractivity contribution in [1.82, 2.24) is 0 Å². The lowest BCUT2D eigenvalue weighted by molar-refractivity contribution is -0.730. The number of esters is 1. The van der Waals surface area contributed by atoms with Crippen molar-refractivity contribution >= 4 is 23.5 Å². The number of quaternary nitrogens is 1. The lowest BCUT2D eigenvalue weighted by Gasteiger charge is -2.25. The number of carbonyl (C=O) groups excluding carboxylic acids is 3. The fourth-order valence-corrected chi connectivity index (χ4v) is 4.62. The molecular formula is C22H22FN2O4+. The molecule has 0 spiro atoms. The Morgan fingerprint density at radius 3 is 2.28 bits per heavy atom. The third-order valence-corrected chi connectivity index (χ3v) is 6.08. The Labute approximate surface area is 167 Å². The van der Waals surface area contributed by atoms with Gasteiger partial charge in [-0.1, -0.05) is 29.8 Å². The van der Waals surface area contributed by atoms with E-state index in [-0.39, 0.29) is 5.91 Å². The first-order valence-electron chi connectivity index (χ1n) is 9.42. The first-order valence-corrected chi connectivity index (χ1v) is 9.42. The zero-order valence-corrected chi connectivity index (χ0v) is 16.4. The summed E-state index contributed by atoms with van der Waals surface area (Å²) in [6, 6.07) is 12.4. The van der Waals surface area contributed by atoms with E-state index in [1.54, 1.807) is 36.5 Å². The third kappa shape index (κ3) is 2.84. The number of fused-ring (bicyclic) bond motifs is 1. The Hall–Kier alpha value is -3.06. The highest BCUT2D eigenvalue weighted by molar-refractivity contribution is 6.23. The largest absolute Gasteiger partial charge is 0.464 e. The fourth-order valence-electron chi connectivity index (χ4n) is 4.62. The lowest BCUT2D eigenvalue weighted by Crippen LogP contribution is -2.97. The molecule has 0 bridgehead atoms. The van der Waals surface area contributed by atoms with E-state index < -0.39 is 41.1 Å². The number of hydrogen-bond donors (Lipinski definition) is 1. The summed E-state index contributed by atoms with van der Waals surface area (Å²) >= 11 is 0. The molecule has 2 heterocycles. The first-order chi connectivity index (χ1) is 13.8. The molecule has 150 valence electrons. The third-order valence-electron chi connectivity index (χ3n) is 6.08. The van der Waals surface area contributed by atoms with Crippen molar-refractivity contribution in [3.63, 3.8) is 0 Å². The smallest absolute Gasteiger partial charge is 0.368 e. The summed E-state index contributed by atoms with van der Waals surface area (Å²) in [5.41, 5.74) is 0.904. The molecule has 0 saturated carbocycles. The molecule has 7 heteroatoms. The number of carbonyl (C=O) groups is 3. The average Bonchev–Trinajstić information content (AvgIpc) is 3.17. The maximum absolute atomic E-state index is 13.4. The van der Waals surface area contributed by atoms with Crippen LogP contribution in [-0.4, -0.2) is 30.4 Å². The van der Waals surface area contributed by atoms with E-state index in [0.717, 1.165) is 5.56 Å². The number of benzene rings is 2. The van der Waals surface area contributed by atoms with E-state index in [9.17, 15) is 18.8 Å². The summed E-state index contributed by atoms with van der Waals surface area (Å²) in [6.45, 7) is 3.55. The number of aryl methyl sites for hydroxylation is 1. The summed E-state index contributed by atoms with van der Waals surface area (Å²) < 4.78 is 18.4. The summed E-state index contributed by atoms with van der Waals surface area (Å²) in [5, 5.41) is 1.71. The Morgan fingerprint density at radius 2 is 1.69 bits per heavy atom. The van der Waals surface area contributed by atoms with Crippen molar-refractivity contribution in [3.05, 3.63) is 65.5 Å². The molecule has 0 aromatic heterocycles. The van der Waals surface area contributed by atoms with Crippen LogP contribution in [0.5, 0.6) is 0 Å². The minimum Gasteiger partial charge on any atom is -0.464 e. The summed E-state index contributed by atoms with van der Waals surface area (Å²) in [5.74, 6) is -3.37. The number of nitrogens with zero attached hydrogens (tertiary/aromatic N) is 1. The van der Waals surface area contributed by atoms with Crippen LogP contribution in [0.15, 0.2) is 48.5 Å². The number of hydrogen-bond acceptors (Lipinski definition) is 4. The van der Waals surface area contributed by atoms with Gasteiger partial charge in [-0.3, -0.25) is 9.59 Å². The Bertz CT molecular complexity index is 989. The minimum atomic E-state index is -1.26. The van der Waals surface area contributed by atoms with Crippen molar-refractivity contribution in [3.8, 4) is 0 Å². The first kappa shape index (κ1) is 19.3. The minimum absolute atomic E-state index is 0.359. The summed E-state index contributed by atoms with van der Waals surface area (Å²) in [4.78, 5) is 40.6. The Morgan fingerprint density at radius 1 is 1.07 bits per heavy atom. The second-order valence-corrected chi connectivity index (χ2v) is 7.87. The van der Waals surface area contributed by atoms with Crippen LogP contribution in [0.3, 0.4) is 0 Å². The topological polar surface area (TPSA) is 80.3 Å². The summed E-state index contributed by atoms with van der Waals surface area (Å²) in [7, 11) is 1.26. The second-order valence-electron chi connectivity index (χ2n) is 7.87. The van der Waals surface area contributed by atoms with Crippen LogP contribution >= 0.6 is 0 Å². The molecule has 4 atom stereocenters. The highest BCUT2D eigenvalue weighted by Gasteiger charge is 2.70. The van der Waals surface area contributed by atoms with Gasteiger partial charge in [-0.05, 0) is 31.2 Å². The number of nitrogens with two attached hydrogens (primary N) is 1. The molecule has 2 N–H and O–H groups in total. The number of ether oxygens (including phenoxy) is 1. The van der Waals surface area contributed by atoms with Gasteiger partial charge in [0.15, 0.2) is 0 Å². The van der Waals surface area contributed by atoms with Gasteiger partial charge in [0.1, 0.15) is 23.7 Å². The van der Waals surface area contributed by atoms with E-state index in [4.69, 9.17) is 4.74 Å². The quantitative estimate of drug-likeness (QED) is 0.629. The van der Waals surface area contributed by atoms with E-state index in [1.165, 1.54) is 24.1 Å². The molecule has 2 fully saturated rings. The molecule has 2 amide bonds. The van der Waals surface area contributed by atoms with Crippen molar-refractivity contribution in [2.45, 2.75) is 25.4 Å². The molecule has 29 heavy (non-hydrogen) atoms.